The van der Waals surface area contributed by atoms with E-state index in [1.165, 1.54) is 0 Å². The highest BCUT2D eigenvalue weighted by atomic mass is 35.5. The largest absolute Gasteiger partial charge is 0.341 e. The molecule has 0 aromatic rings. The third kappa shape index (κ3) is 1.33. The molecule has 1 aliphatic carbocycles. The Morgan fingerprint density at radius 3 is 2.67 bits per heavy atom. The Morgan fingerprint density at radius 1 is 1.58 bits per heavy atom. The van der Waals surface area contributed by atoms with Crippen molar-refractivity contribution in [2.75, 3.05) is 13.1 Å². The smallest absolute Gasteiger partial charge is 0.228 e. The first-order valence-electron chi connectivity index (χ1n) is 4.55. The first-order chi connectivity index (χ1) is 5.62. The zero-order chi connectivity index (χ0) is 8.77. The lowest BCUT2D eigenvalue weighted by Crippen LogP contribution is -2.34. The molecule has 0 aromatic heterocycles. The number of alkyl halides is 1. The van der Waals surface area contributed by atoms with Crippen LogP contribution < -0.4 is 0 Å². The minimum absolute atomic E-state index is 0.0129. The van der Waals surface area contributed by atoms with Gasteiger partial charge in [0.25, 0.3) is 0 Å². The van der Waals surface area contributed by atoms with E-state index in [1.807, 2.05) is 4.90 Å². The Labute approximate surface area is 77.9 Å². The molecule has 3 heteroatoms. The molecule has 2 aliphatic rings. The number of hydrogen-bond acceptors (Lipinski definition) is 1. The van der Waals surface area contributed by atoms with Gasteiger partial charge < -0.3 is 4.90 Å². The summed E-state index contributed by atoms with van der Waals surface area (Å²) in [5.74, 6) is 0.325. The van der Waals surface area contributed by atoms with E-state index in [4.69, 9.17) is 11.6 Å². The van der Waals surface area contributed by atoms with Gasteiger partial charge in [0.05, 0.1) is 5.38 Å². The van der Waals surface area contributed by atoms with E-state index < -0.39 is 0 Å². The molecule has 0 N–H and O–H groups in total. The van der Waals surface area contributed by atoms with Gasteiger partial charge >= 0.3 is 0 Å². The van der Waals surface area contributed by atoms with Crippen LogP contribution in [0.1, 0.15) is 26.2 Å². The molecule has 1 atom stereocenters. The van der Waals surface area contributed by atoms with Gasteiger partial charge in [-0.2, -0.15) is 0 Å². The highest BCUT2D eigenvalue weighted by Crippen LogP contribution is 2.47. The van der Waals surface area contributed by atoms with E-state index in [-0.39, 0.29) is 10.8 Å². The third-order valence-corrected chi connectivity index (χ3v) is 3.29. The van der Waals surface area contributed by atoms with E-state index in [9.17, 15) is 4.79 Å². The Morgan fingerprint density at radius 2 is 2.25 bits per heavy atom. The monoisotopic (exact) mass is 187 g/mol. The second kappa shape index (κ2) is 2.63. The normalized spacial score (nSPS) is 32.2. The molecule has 1 amide bonds. The van der Waals surface area contributed by atoms with Crippen molar-refractivity contribution in [1.29, 1.82) is 0 Å². The lowest BCUT2D eigenvalue weighted by Gasteiger charge is -2.19. The average molecular weight is 188 g/mol. The van der Waals surface area contributed by atoms with E-state index in [1.54, 1.807) is 0 Å². The first kappa shape index (κ1) is 8.36. The molecule has 0 radical (unpaired) electrons. The lowest BCUT2D eigenvalue weighted by atomic mass is 10.1. The molecule has 2 fully saturated rings. The molecule has 12 heavy (non-hydrogen) atoms. The van der Waals surface area contributed by atoms with Crippen molar-refractivity contribution in [3.63, 3.8) is 0 Å². The summed E-state index contributed by atoms with van der Waals surface area (Å²) >= 11 is 5.93. The number of rotatable bonds is 1. The molecule has 0 bridgehead atoms. The van der Waals surface area contributed by atoms with Crippen molar-refractivity contribution in [2.45, 2.75) is 31.6 Å². The van der Waals surface area contributed by atoms with Crippen LogP contribution in [-0.2, 0) is 4.79 Å². The Balaban J connectivity index is 1.97. The van der Waals surface area contributed by atoms with Crippen molar-refractivity contribution in [2.24, 2.45) is 5.41 Å². The van der Waals surface area contributed by atoms with Crippen LogP contribution in [0.4, 0.5) is 0 Å². The van der Waals surface area contributed by atoms with Crippen molar-refractivity contribution in [1.82, 2.24) is 4.90 Å². The Bertz CT molecular complexity index is 213. The fraction of sp³-hybridized carbons (Fsp3) is 0.889. The number of hydrogen-bond donors (Lipinski definition) is 0. The van der Waals surface area contributed by atoms with Crippen LogP contribution in [0.5, 0.6) is 0 Å². The van der Waals surface area contributed by atoms with Gasteiger partial charge in [-0.05, 0) is 19.3 Å². The van der Waals surface area contributed by atoms with Crippen molar-refractivity contribution in [3.8, 4) is 0 Å². The predicted molar refractivity (Wildman–Crippen MR) is 48.2 cm³/mol. The fourth-order valence-corrected chi connectivity index (χ4v) is 1.95. The minimum Gasteiger partial charge on any atom is -0.341 e. The Kier molecular flexibility index (Phi) is 1.83. The molecule has 1 saturated heterocycles. The van der Waals surface area contributed by atoms with Crippen LogP contribution in [0, 0.1) is 5.41 Å². The Hall–Kier alpha value is -0.240. The van der Waals surface area contributed by atoms with Crippen molar-refractivity contribution in [3.05, 3.63) is 0 Å². The summed E-state index contributed by atoms with van der Waals surface area (Å²) in [5, 5.41) is 0.191. The number of halogens is 1. The van der Waals surface area contributed by atoms with Gasteiger partial charge in [-0.15, -0.1) is 11.6 Å². The van der Waals surface area contributed by atoms with Gasteiger partial charge in [0, 0.05) is 18.5 Å². The van der Waals surface area contributed by atoms with Crippen LogP contribution in [0.2, 0.25) is 0 Å². The van der Waals surface area contributed by atoms with Gasteiger partial charge in [0.15, 0.2) is 0 Å². The number of amides is 1. The summed E-state index contributed by atoms with van der Waals surface area (Å²) < 4.78 is 0. The molecule has 1 saturated carbocycles. The maximum Gasteiger partial charge on any atom is 0.228 e. The molecule has 1 aliphatic heterocycles. The third-order valence-electron chi connectivity index (χ3n) is 2.93. The van der Waals surface area contributed by atoms with Crippen molar-refractivity contribution >= 4 is 17.5 Å². The van der Waals surface area contributed by atoms with E-state index in [0.717, 1.165) is 32.4 Å². The second-order valence-electron chi connectivity index (χ2n) is 4.20. The number of carbonyl (C=O) groups is 1. The lowest BCUT2D eigenvalue weighted by molar-refractivity contribution is -0.135. The van der Waals surface area contributed by atoms with Gasteiger partial charge in [-0.1, -0.05) is 6.92 Å². The maximum absolute atomic E-state index is 11.7. The topological polar surface area (TPSA) is 20.3 Å². The summed E-state index contributed by atoms with van der Waals surface area (Å²) in [6, 6.07) is 0. The molecule has 2 rings (SSSR count). The average Bonchev–Trinajstić information content (AvgIpc) is 2.62. The second-order valence-corrected chi connectivity index (χ2v) is 4.81. The number of likely N-dealkylation sites (tertiary alicyclic amines) is 1. The van der Waals surface area contributed by atoms with Gasteiger partial charge in [0.2, 0.25) is 5.91 Å². The number of carbonyl (C=O) groups excluding carboxylic acids is 1. The summed E-state index contributed by atoms with van der Waals surface area (Å²) in [4.78, 5) is 13.7. The fourth-order valence-electron chi connectivity index (χ4n) is 1.69. The standard InChI is InChI=1S/C9H14ClNO/c1-9(3-4-9)8(12)11-5-2-7(10)6-11/h7H,2-6H2,1H3. The van der Waals surface area contributed by atoms with Crippen LogP contribution in [0.25, 0.3) is 0 Å². The minimum atomic E-state index is -0.0129. The van der Waals surface area contributed by atoms with Crippen molar-refractivity contribution < 1.29 is 4.79 Å². The summed E-state index contributed by atoms with van der Waals surface area (Å²) in [6.07, 6.45) is 3.09. The molecule has 0 aromatic carbocycles. The van der Waals surface area contributed by atoms with E-state index >= 15 is 0 Å². The molecule has 0 spiro atoms. The molecular weight excluding hydrogens is 174 g/mol. The number of nitrogens with zero attached hydrogens (tertiary/aromatic N) is 1. The SMILES string of the molecule is CC1(C(=O)N2CCC(Cl)C2)CC1. The quantitative estimate of drug-likeness (QED) is 0.572. The van der Waals surface area contributed by atoms with Crippen LogP contribution >= 0.6 is 11.6 Å². The molecular formula is C9H14ClNO. The first-order valence-corrected chi connectivity index (χ1v) is 4.99. The zero-order valence-electron chi connectivity index (χ0n) is 7.35. The molecule has 68 valence electrons. The zero-order valence-corrected chi connectivity index (χ0v) is 8.10. The highest BCUT2D eigenvalue weighted by Gasteiger charge is 2.47. The van der Waals surface area contributed by atoms with Crippen LogP contribution in [-0.4, -0.2) is 29.3 Å². The summed E-state index contributed by atoms with van der Waals surface area (Å²) in [5.41, 5.74) is -0.0129. The maximum atomic E-state index is 11.7. The predicted octanol–water partition coefficient (Wildman–Crippen LogP) is 1.63. The van der Waals surface area contributed by atoms with Gasteiger partial charge in [-0.25, -0.2) is 0 Å². The summed E-state index contributed by atoms with van der Waals surface area (Å²) in [6.45, 7) is 3.68. The van der Waals surface area contributed by atoms with E-state index in [2.05, 4.69) is 6.92 Å². The molecule has 1 unspecified atom stereocenters. The van der Waals surface area contributed by atoms with Crippen LogP contribution in [0.3, 0.4) is 0 Å². The van der Waals surface area contributed by atoms with Gasteiger partial charge in [0.1, 0.15) is 0 Å². The van der Waals surface area contributed by atoms with E-state index in [0.29, 0.717) is 5.91 Å². The van der Waals surface area contributed by atoms with Crippen LogP contribution in [0.15, 0.2) is 0 Å². The summed E-state index contributed by atoms with van der Waals surface area (Å²) in [7, 11) is 0. The van der Waals surface area contributed by atoms with Gasteiger partial charge in [-0.3, -0.25) is 4.79 Å². The molecule has 2 nitrogen and oxygen atoms in total. The molecule has 1 heterocycles. The highest BCUT2D eigenvalue weighted by molar-refractivity contribution is 6.21.